The van der Waals surface area contributed by atoms with Crippen molar-refractivity contribution in [1.29, 1.82) is 0 Å². The van der Waals surface area contributed by atoms with E-state index in [1.54, 1.807) is 6.92 Å². The van der Waals surface area contributed by atoms with E-state index in [4.69, 9.17) is 4.74 Å². The van der Waals surface area contributed by atoms with Crippen LogP contribution in [0.4, 0.5) is 18.9 Å². The van der Waals surface area contributed by atoms with Gasteiger partial charge in [0.2, 0.25) is 11.8 Å². The van der Waals surface area contributed by atoms with Crippen molar-refractivity contribution in [3.63, 3.8) is 0 Å². The van der Waals surface area contributed by atoms with Gasteiger partial charge in [0.05, 0.1) is 23.1 Å². The second-order valence-corrected chi connectivity index (χ2v) is 6.67. The van der Waals surface area contributed by atoms with E-state index in [2.05, 4.69) is 10.6 Å². The number of anilines is 1. The summed E-state index contributed by atoms with van der Waals surface area (Å²) in [5.74, 6) is -1.58. The molecule has 2 N–H and O–H groups in total. The van der Waals surface area contributed by atoms with Crippen molar-refractivity contribution >= 4 is 35.2 Å². The highest BCUT2D eigenvalue weighted by Gasteiger charge is 2.36. The smallest absolute Gasteiger partial charge is 0.418 e. The number of esters is 1. The predicted molar refractivity (Wildman–Crippen MR) is 89.5 cm³/mol. The molecule has 6 nitrogen and oxygen atoms in total. The normalized spacial score (nSPS) is 20.2. The molecule has 10 heteroatoms. The fraction of sp³-hybridized carbons (Fsp3) is 0.438. The van der Waals surface area contributed by atoms with Crippen LogP contribution in [-0.4, -0.2) is 41.4 Å². The minimum atomic E-state index is -4.60. The fourth-order valence-corrected chi connectivity index (χ4v) is 3.46. The molecular formula is C16H17F3N2O4S. The van der Waals surface area contributed by atoms with E-state index in [-0.39, 0.29) is 24.5 Å². The molecule has 1 heterocycles. The van der Waals surface area contributed by atoms with Crippen LogP contribution in [0.5, 0.6) is 0 Å². The molecule has 1 aromatic carbocycles. The first kappa shape index (κ1) is 20.1. The van der Waals surface area contributed by atoms with Crippen LogP contribution in [0.3, 0.4) is 0 Å². The van der Waals surface area contributed by atoms with Gasteiger partial charge in [-0.3, -0.25) is 9.59 Å². The van der Waals surface area contributed by atoms with Gasteiger partial charge >= 0.3 is 12.1 Å². The summed E-state index contributed by atoms with van der Waals surface area (Å²) in [5, 5.41) is 3.86. The Labute approximate surface area is 151 Å². The minimum absolute atomic E-state index is 0.181. The van der Waals surface area contributed by atoms with E-state index in [0.29, 0.717) is 0 Å². The second-order valence-electron chi connectivity index (χ2n) is 5.43. The summed E-state index contributed by atoms with van der Waals surface area (Å²) in [6.07, 6.45) is -4.91. The SMILES string of the molecule is CCOC(=O)[C@H]1CS[C@@H](CC(=O)Nc2ccccc2C(F)(F)F)C(=O)N1. The molecule has 1 aliphatic rings. The Balaban J connectivity index is 1.96. The van der Waals surface area contributed by atoms with Crippen LogP contribution < -0.4 is 10.6 Å². The van der Waals surface area contributed by atoms with Gasteiger partial charge in [-0.1, -0.05) is 12.1 Å². The maximum Gasteiger partial charge on any atom is 0.418 e. The highest BCUT2D eigenvalue weighted by molar-refractivity contribution is 8.00. The Bertz CT molecular complexity index is 696. The summed E-state index contributed by atoms with van der Waals surface area (Å²) in [5.41, 5.74) is -1.33. The summed E-state index contributed by atoms with van der Waals surface area (Å²) in [7, 11) is 0. The van der Waals surface area contributed by atoms with Gasteiger partial charge in [-0.25, -0.2) is 4.79 Å². The average Bonchev–Trinajstić information content (AvgIpc) is 2.56. The zero-order valence-corrected chi connectivity index (χ0v) is 14.6. The Morgan fingerprint density at radius 2 is 2.04 bits per heavy atom. The van der Waals surface area contributed by atoms with E-state index in [1.807, 2.05) is 0 Å². The van der Waals surface area contributed by atoms with Gasteiger partial charge in [0.15, 0.2) is 0 Å². The number of carbonyl (C=O) groups excluding carboxylic acids is 3. The number of para-hydroxylation sites is 1. The summed E-state index contributed by atoms with van der Waals surface area (Å²) in [6.45, 7) is 1.82. The van der Waals surface area contributed by atoms with Crippen LogP contribution in [0.25, 0.3) is 0 Å². The molecule has 0 spiro atoms. The van der Waals surface area contributed by atoms with Crippen LogP contribution in [-0.2, 0) is 25.3 Å². The number of thioether (sulfide) groups is 1. The van der Waals surface area contributed by atoms with Gasteiger partial charge < -0.3 is 15.4 Å². The lowest BCUT2D eigenvalue weighted by Gasteiger charge is -2.27. The number of hydrogen-bond donors (Lipinski definition) is 2. The number of hydrogen-bond acceptors (Lipinski definition) is 5. The molecule has 0 radical (unpaired) electrons. The molecule has 26 heavy (non-hydrogen) atoms. The quantitative estimate of drug-likeness (QED) is 0.753. The maximum absolute atomic E-state index is 12.9. The predicted octanol–water partition coefficient (Wildman–Crippen LogP) is 2.20. The molecule has 0 unspecified atom stereocenters. The Morgan fingerprint density at radius 3 is 2.65 bits per heavy atom. The van der Waals surface area contributed by atoms with Crippen molar-refractivity contribution in [2.24, 2.45) is 0 Å². The lowest BCUT2D eigenvalue weighted by molar-refractivity contribution is -0.146. The highest BCUT2D eigenvalue weighted by Crippen LogP contribution is 2.34. The van der Waals surface area contributed by atoms with E-state index >= 15 is 0 Å². The third-order valence-corrected chi connectivity index (χ3v) is 4.83. The number of amides is 2. The molecule has 0 aliphatic carbocycles. The number of ether oxygens (including phenoxy) is 1. The van der Waals surface area contributed by atoms with Crippen LogP contribution in [0.1, 0.15) is 18.9 Å². The molecule has 142 valence electrons. The number of nitrogens with one attached hydrogen (secondary N) is 2. The first-order valence-corrected chi connectivity index (χ1v) is 8.82. The molecule has 2 amide bonds. The van der Waals surface area contributed by atoms with E-state index in [1.165, 1.54) is 12.1 Å². The molecule has 1 aliphatic heterocycles. The molecule has 2 atom stereocenters. The zero-order valence-electron chi connectivity index (χ0n) is 13.8. The molecule has 1 fully saturated rings. The monoisotopic (exact) mass is 390 g/mol. The topological polar surface area (TPSA) is 84.5 Å². The van der Waals surface area contributed by atoms with Crippen molar-refractivity contribution in [1.82, 2.24) is 5.32 Å². The second kappa shape index (κ2) is 8.43. The van der Waals surface area contributed by atoms with Gasteiger partial charge in [0, 0.05) is 12.2 Å². The van der Waals surface area contributed by atoms with E-state index in [0.717, 1.165) is 23.9 Å². The number of halogens is 3. The Morgan fingerprint density at radius 1 is 1.35 bits per heavy atom. The van der Waals surface area contributed by atoms with Gasteiger partial charge in [-0.05, 0) is 19.1 Å². The van der Waals surface area contributed by atoms with Gasteiger partial charge in [-0.15, -0.1) is 11.8 Å². The Hall–Kier alpha value is -2.23. The summed E-state index contributed by atoms with van der Waals surface area (Å²) in [4.78, 5) is 35.7. The van der Waals surface area contributed by atoms with E-state index < -0.39 is 40.8 Å². The first-order valence-electron chi connectivity index (χ1n) is 7.77. The lowest BCUT2D eigenvalue weighted by atomic mass is 10.1. The minimum Gasteiger partial charge on any atom is -0.464 e. The zero-order chi connectivity index (χ0) is 19.3. The molecular weight excluding hydrogens is 373 g/mol. The number of carbonyl (C=O) groups is 3. The molecule has 2 rings (SSSR count). The highest BCUT2D eigenvalue weighted by atomic mass is 32.2. The standard InChI is InChI=1S/C16H17F3N2O4S/c1-2-25-15(24)11-8-26-12(14(23)21-11)7-13(22)20-10-6-4-3-5-9(10)16(17,18)19/h3-6,11-12H,2,7-8H2,1H3,(H,20,22)(H,21,23)/t11-,12+/m1/s1. The largest absolute Gasteiger partial charge is 0.464 e. The van der Waals surface area contributed by atoms with Crippen LogP contribution in [0.2, 0.25) is 0 Å². The van der Waals surface area contributed by atoms with Crippen LogP contribution in [0, 0.1) is 0 Å². The first-order chi connectivity index (χ1) is 12.2. The van der Waals surface area contributed by atoms with Crippen LogP contribution >= 0.6 is 11.8 Å². The molecule has 0 aromatic heterocycles. The Kier molecular flexibility index (Phi) is 6.52. The van der Waals surface area contributed by atoms with Gasteiger partial charge in [-0.2, -0.15) is 13.2 Å². The molecule has 0 bridgehead atoms. The summed E-state index contributed by atoms with van der Waals surface area (Å²) >= 11 is 1.09. The lowest BCUT2D eigenvalue weighted by Crippen LogP contribution is -2.51. The number of alkyl halides is 3. The summed E-state index contributed by atoms with van der Waals surface area (Å²) < 4.78 is 43.6. The number of benzene rings is 1. The van der Waals surface area contributed by atoms with Crippen molar-refractivity contribution in [3.8, 4) is 0 Å². The van der Waals surface area contributed by atoms with Crippen molar-refractivity contribution in [3.05, 3.63) is 29.8 Å². The molecule has 0 saturated carbocycles. The third kappa shape index (κ3) is 5.13. The molecule has 1 saturated heterocycles. The average molecular weight is 390 g/mol. The van der Waals surface area contributed by atoms with Gasteiger partial charge in [0.1, 0.15) is 6.04 Å². The van der Waals surface area contributed by atoms with Crippen LogP contribution in [0.15, 0.2) is 24.3 Å². The third-order valence-electron chi connectivity index (χ3n) is 3.52. The van der Waals surface area contributed by atoms with Crippen molar-refractivity contribution < 1.29 is 32.3 Å². The maximum atomic E-state index is 12.9. The molecule has 1 aromatic rings. The summed E-state index contributed by atoms with van der Waals surface area (Å²) in [6, 6.07) is 3.81. The van der Waals surface area contributed by atoms with E-state index in [9.17, 15) is 27.6 Å². The van der Waals surface area contributed by atoms with Crippen molar-refractivity contribution in [2.75, 3.05) is 17.7 Å². The van der Waals surface area contributed by atoms with Gasteiger partial charge in [0.25, 0.3) is 0 Å². The number of rotatable bonds is 5. The fourth-order valence-electron chi connectivity index (χ4n) is 2.32. The van der Waals surface area contributed by atoms with Crippen molar-refractivity contribution in [2.45, 2.75) is 30.8 Å².